The summed E-state index contributed by atoms with van der Waals surface area (Å²) in [4.78, 5) is 65.8. The van der Waals surface area contributed by atoms with Gasteiger partial charge in [-0.1, -0.05) is 67.9 Å². The summed E-state index contributed by atoms with van der Waals surface area (Å²) in [6.07, 6.45) is -0.525. The fourth-order valence-electron chi connectivity index (χ4n) is 5.19. The number of urea groups is 1. The van der Waals surface area contributed by atoms with Crippen LogP contribution >= 0.6 is 0 Å². The molecule has 5 N–H and O–H groups in total. The smallest absolute Gasteiger partial charge is 0.411 e. The first-order chi connectivity index (χ1) is 22.2. The van der Waals surface area contributed by atoms with Crippen LogP contribution in [0.15, 0.2) is 54.6 Å². The highest BCUT2D eigenvalue weighted by atomic mass is 16.6. The first kappa shape index (κ1) is 36.8. The van der Waals surface area contributed by atoms with Gasteiger partial charge in [-0.15, -0.1) is 0 Å². The van der Waals surface area contributed by atoms with Gasteiger partial charge in [-0.3, -0.25) is 14.5 Å². The van der Waals surface area contributed by atoms with Crippen LogP contribution in [0, 0.1) is 5.92 Å². The lowest BCUT2D eigenvalue weighted by Crippen LogP contribution is -2.52. The maximum Gasteiger partial charge on any atom is 0.411 e. The molecule has 0 radical (unpaired) electrons. The number of carbonyl (C=O) groups excluding carboxylic acids is 3. The number of β-amino-alcohol motifs (C(OH)–C–C–N with tert-alkyl or cyclic N) is 1. The summed E-state index contributed by atoms with van der Waals surface area (Å²) in [5.74, 6) is -4.41. The van der Waals surface area contributed by atoms with Gasteiger partial charge in [-0.25, -0.2) is 14.4 Å². The number of hydrogen-bond acceptors (Lipinski definition) is 7. The first-order valence-corrected chi connectivity index (χ1v) is 15.8. The molecule has 3 rings (SSSR count). The third kappa shape index (κ3) is 11.3. The van der Waals surface area contributed by atoms with Crippen LogP contribution < -0.4 is 10.6 Å². The molecule has 0 aliphatic carbocycles. The summed E-state index contributed by atoms with van der Waals surface area (Å²) in [6.45, 7) is 6.31. The van der Waals surface area contributed by atoms with Gasteiger partial charge in [-0.2, -0.15) is 0 Å². The predicted molar refractivity (Wildman–Crippen MR) is 174 cm³/mol. The monoisotopic (exact) mass is 654 g/mol. The second kappa shape index (κ2) is 16.8. The van der Waals surface area contributed by atoms with Crippen molar-refractivity contribution in [3.8, 4) is 11.1 Å². The zero-order valence-corrected chi connectivity index (χ0v) is 27.3. The summed E-state index contributed by atoms with van der Waals surface area (Å²) in [7, 11) is 0. The Morgan fingerprint density at radius 3 is 2.19 bits per heavy atom. The van der Waals surface area contributed by atoms with Crippen molar-refractivity contribution in [1.29, 1.82) is 0 Å². The molecule has 13 heteroatoms. The molecular weight excluding hydrogens is 608 g/mol. The molecule has 256 valence electrons. The Balaban J connectivity index is 1.66. The Kier molecular flexibility index (Phi) is 13.1. The van der Waals surface area contributed by atoms with E-state index in [4.69, 9.17) is 4.74 Å². The van der Waals surface area contributed by atoms with Crippen molar-refractivity contribution < 1.29 is 44.0 Å². The van der Waals surface area contributed by atoms with Gasteiger partial charge in [0.15, 0.2) is 0 Å². The average Bonchev–Trinajstić information content (AvgIpc) is 3.42. The first-order valence-electron chi connectivity index (χ1n) is 15.8. The second-order valence-corrected chi connectivity index (χ2v) is 12.7. The maximum absolute atomic E-state index is 13.4. The van der Waals surface area contributed by atoms with E-state index in [0.717, 1.165) is 16.0 Å². The van der Waals surface area contributed by atoms with Gasteiger partial charge in [-0.05, 0) is 43.9 Å². The highest BCUT2D eigenvalue weighted by molar-refractivity contribution is 5.87. The molecule has 13 nitrogen and oxygen atoms in total. The van der Waals surface area contributed by atoms with Crippen molar-refractivity contribution in [1.82, 2.24) is 20.4 Å². The van der Waals surface area contributed by atoms with Crippen molar-refractivity contribution in [2.45, 2.75) is 77.2 Å². The van der Waals surface area contributed by atoms with Crippen LogP contribution in [-0.2, 0) is 25.5 Å². The highest BCUT2D eigenvalue weighted by Gasteiger charge is 2.41. The molecule has 4 amide bonds. The van der Waals surface area contributed by atoms with E-state index in [1.807, 2.05) is 49.4 Å². The largest absolute Gasteiger partial charge is 0.481 e. The summed E-state index contributed by atoms with van der Waals surface area (Å²) < 4.78 is 5.35. The van der Waals surface area contributed by atoms with Crippen LogP contribution in [-0.4, -0.2) is 105 Å². The molecular formula is C34H46N4O9. The molecule has 47 heavy (non-hydrogen) atoms. The molecule has 1 saturated heterocycles. The molecule has 0 aromatic heterocycles. The number of amides is 4. The summed E-state index contributed by atoms with van der Waals surface area (Å²) in [6, 6.07) is 14.0. The number of benzene rings is 2. The van der Waals surface area contributed by atoms with E-state index in [0.29, 0.717) is 18.4 Å². The molecule has 0 saturated carbocycles. The number of aliphatic carboxylic acids is 2. The predicted octanol–water partition coefficient (Wildman–Crippen LogP) is 3.35. The Hall–Kier alpha value is -4.65. The molecule has 1 aliphatic heterocycles. The number of carboxylic acids is 2. The zero-order valence-electron chi connectivity index (χ0n) is 27.3. The van der Waals surface area contributed by atoms with Crippen LogP contribution in [0.3, 0.4) is 0 Å². The molecule has 1 aliphatic rings. The lowest BCUT2D eigenvalue weighted by molar-refractivity contribution is -0.142. The molecule has 4 atom stereocenters. The third-order valence-corrected chi connectivity index (χ3v) is 7.69. The number of hydrogen-bond donors (Lipinski definition) is 5. The topological polar surface area (TPSA) is 186 Å². The van der Waals surface area contributed by atoms with Gasteiger partial charge in [0.2, 0.25) is 5.91 Å². The van der Waals surface area contributed by atoms with Gasteiger partial charge >= 0.3 is 24.1 Å². The number of nitrogens with zero attached hydrogens (tertiary/aromatic N) is 2. The standard InChI is InChI=1S/C34H46N4O9/c1-5-6-16-37(32(45)36-27(31(43)44)17-22-12-14-24(15-13-22)23-10-8-7-9-11-23)20-25(30(41)42)19-35-29(40)28-18-26(39)21-38(28)33(46)47-34(2,3)4/h7-15,25-28,39H,5-6,16-21H2,1-4H3,(H,35,40)(H,36,45)(H,41,42)(H,43,44)/t25-,26-,27+,28+/m1/s1. The summed E-state index contributed by atoms with van der Waals surface area (Å²) in [5.41, 5.74) is 1.85. The number of nitrogens with one attached hydrogen (secondary N) is 2. The molecule has 1 fully saturated rings. The lowest BCUT2D eigenvalue weighted by atomic mass is 10.0. The van der Waals surface area contributed by atoms with Crippen molar-refractivity contribution in [2.24, 2.45) is 5.92 Å². The average molecular weight is 655 g/mol. The van der Waals surface area contributed by atoms with Gasteiger partial charge in [0.1, 0.15) is 17.7 Å². The van der Waals surface area contributed by atoms with Crippen LogP contribution in [0.1, 0.15) is 52.5 Å². The molecule has 2 aromatic carbocycles. The Bertz CT molecular complexity index is 1380. The van der Waals surface area contributed by atoms with E-state index < -0.39 is 59.7 Å². The SMILES string of the molecule is CCCCN(C[C@@H](CNC(=O)[C@@H]1C[C@@H](O)CN1C(=O)OC(C)(C)C)C(=O)O)C(=O)N[C@@H](Cc1ccc(-c2ccccc2)cc1)C(=O)O. The molecule has 0 spiro atoms. The minimum atomic E-state index is -1.27. The quantitative estimate of drug-likeness (QED) is 0.204. The molecule has 0 unspecified atom stereocenters. The van der Waals surface area contributed by atoms with Crippen LogP contribution in [0.2, 0.25) is 0 Å². The van der Waals surface area contributed by atoms with Crippen LogP contribution in [0.4, 0.5) is 9.59 Å². The number of rotatable bonds is 14. The number of unbranched alkanes of at least 4 members (excludes halogenated alkanes) is 1. The number of likely N-dealkylation sites (tertiary alicyclic amines) is 1. The number of aliphatic hydroxyl groups is 1. The van der Waals surface area contributed by atoms with Gasteiger partial charge in [0.05, 0.1) is 18.6 Å². The van der Waals surface area contributed by atoms with Crippen molar-refractivity contribution >= 4 is 30.0 Å². The molecule has 0 bridgehead atoms. The lowest BCUT2D eigenvalue weighted by Gasteiger charge is -2.29. The van der Waals surface area contributed by atoms with Gasteiger partial charge in [0.25, 0.3) is 0 Å². The van der Waals surface area contributed by atoms with E-state index in [1.165, 1.54) is 4.90 Å². The number of aliphatic hydroxyl groups excluding tert-OH is 1. The van der Waals surface area contributed by atoms with Crippen LogP contribution in [0.25, 0.3) is 11.1 Å². The van der Waals surface area contributed by atoms with Gasteiger partial charge < -0.3 is 35.6 Å². The number of ether oxygens (including phenoxy) is 1. The minimum absolute atomic E-state index is 0.0115. The Morgan fingerprint density at radius 1 is 0.979 bits per heavy atom. The number of carboxylic acid groups (broad SMARTS) is 2. The normalized spacial score (nSPS) is 17.3. The van der Waals surface area contributed by atoms with E-state index in [9.17, 15) is 39.3 Å². The van der Waals surface area contributed by atoms with Crippen molar-refractivity contribution in [3.05, 3.63) is 60.2 Å². The van der Waals surface area contributed by atoms with E-state index in [-0.39, 0.29) is 39.0 Å². The minimum Gasteiger partial charge on any atom is -0.481 e. The van der Waals surface area contributed by atoms with E-state index in [2.05, 4.69) is 10.6 Å². The maximum atomic E-state index is 13.4. The fourth-order valence-corrected chi connectivity index (χ4v) is 5.19. The fraction of sp³-hybridized carbons (Fsp3) is 0.500. The summed E-state index contributed by atoms with van der Waals surface area (Å²) >= 11 is 0. The highest BCUT2D eigenvalue weighted by Crippen LogP contribution is 2.22. The number of carbonyl (C=O) groups is 5. The van der Waals surface area contributed by atoms with E-state index in [1.54, 1.807) is 32.9 Å². The third-order valence-electron chi connectivity index (χ3n) is 7.69. The summed E-state index contributed by atoms with van der Waals surface area (Å²) in [5, 5.41) is 35.1. The van der Waals surface area contributed by atoms with Gasteiger partial charge in [0, 0.05) is 32.5 Å². The molecule has 2 aromatic rings. The van der Waals surface area contributed by atoms with E-state index >= 15 is 0 Å². The second-order valence-electron chi connectivity index (χ2n) is 12.7. The zero-order chi connectivity index (χ0) is 34.7. The Labute approximate surface area is 274 Å². The molecule has 1 heterocycles. The van der Waals surface area contributed by atoms with Crippen molar-refractivity contribution in [3.63, 3.8) is 0 Å². The van der Waals surface area contributed by atoms with Crippen molar-refractivity contribution in [2.75, 3.05) is 26.2 Å². The Morgan fingerprint density at radius 2 is 1.62 bits per heavy atom. The van der Waals surface area contributed by atoms with Crippen LogP contribution in [0.5, 0.6) is 0 Å².